The van der Waals surface area contributed by atoms with E-state index in [9.17, 15) is 4.79 Å². The number of nitrogen functional groups attached to an aromatic ring is 1. The fourth-order valence-electron chi connectivity index (χ4n) is 2.23. The second-order valence-electron chi connectivity index (χ2n) is 5.20. The van der Waals surface area contributed by atoms with Crippen LogP contribution in [0.15, 0.2) is 12.3 Å². The van der Waals surface area contributed by atoms with Crippen molar-refractivity contribution >= 4 is 33.1 Å². The molecule has 0 aliphatic heterocycles. The minimum absolute atomic E-state index is 0.0123. The van der Waals surface area contributed by atoms with Gasteiger partial charge in [-0.05, 0) is 25.8 Å². The standard InChI is InChI=1S/C15H22N4OS/c1-4-6-9-19(10(3)5-2)15(20)13-12(16)11-7-8-17-18-14(11)21-13/h7-8,10H,4-6,9,16H2,1-3H3. The van der Waals surface area contributed by atoms with Crippen LogP contribution in [0, 0.1) is 0 Å². The molecule has 0 bridgehead atoms. The third-order valence-electron chi connectivity index (χ3n) is 3.75. The first-order valence-electron chi connectivity index (χ1n) is 7.40. The molecule has 2 heterocycles. The van der Waals surface area contributed by atoms with Crippen LogP contribution in [0.25, 0.3) is 10.2 Å². The molecule has 0 aliphatic carbocycles. The summed E-state index contributed by atoms with van der Waals surface area (Å²) in [6.07, 6.45) is 4.59. The molecule has 6 heteroatoms. The van der Waals surface area contributed by atoms with Gasteiger partial charge in [0, 0.05) is 18.0 Å². The number of fused-ring (bicyclic) bond motifs is 1. The van der Waals surface area contributed by atoms with Crippen LogP contribution in [0.3, 0.4) is 0 Å². The van der Waals surface area contributed by atoms with E-state index in [4.69, 9.17) is 5.73 Å². The Morgan fingerprint density at radius 2 is 2.24 bits per heavy atom. The lowest BCUT2D eigenvalue weighted by atomic mass is 10.1. The van der Waals surface area contributed by atoms with Gasteiger partial charge in [0.25, 0.3) is 5.91 Å². The number of aromatic nitrogens is 2. The lowest BCUT2D eigenvalue weighted by molar-refractivity contribution is 0.0691. The summed E-state index contributed by atoms with van der Waals surface area (Å²) in [7, 11) is 0. The molecule has 2 N–H and O–H groups in total. The third-order valence-corrected chi connectivity index (χ3v) is 4.84. The number of carbonyl (C=O) groups excluding carboxylic acids is 1. The van der Waals surface area contributed by atoms with Crippen LogP contribution in [-0.2, 0) is 0 Å². The smallest absolute Gasteiger partial charge is 0.266 e. The van der Waals surface area contributed by atoms with Crippen LogP contribution >= 0.6 is 11.3 Å². The van der Waals surface area contributed by atoms with Crippen molar-refractivity contribution < 1.29 is 4.79 Å². The molecule has 2 rings (SSSR count). The molecular formula is C15H22N4OS. The summed E-state index contributed by atoms with van der Waals surface area (Å²) in [6, 6.07) is 2.02. The van der Waals surface area contributed by atoms with Crippen molar-refractivity contribution in [1.29, 1.82) is 0 Å². The fraction of sp³-hybridized carbons (Fsp3) is 0.533. The molecule has 1 amide bonds. The average Bonchev–Trinajstić information content (AvgIpc) is 2.84. The Balaban J connectivity index is 2.35. The molecule has 0 saturated carbocycles. The average molecular weight is 306 g/mol. The zero-order valence-electron chi connectivity index (χ0n) is 12.8. The van der Waals surface area contributed by atoms with Gasteiger partial charge in [0.1, 0.15) is 9.71 Å². The number of nitrogens with zero attached hydrogens (tertiary/aromatic N) is 3. The van der Waals surface area contributed by atoms with Gasteiger partial charge < -0.3 is 10.6 Å². The number of nitrogens with two attached hydrogens (primary N) is 1. The predicted octanol–water partition coefficient (Wildman–Crippen LogP) is 3.31. The number of anilines is 1. The zero-order chi connectivity index (χ0) is 15.4. The zero-order valence-corrected chi connectivity index (χ0v) is 13.6. The maximum Gasteiger partial charge on any atom is 0.266 e. The van der Waals surface area contributed by atoms with Gasteiger partial charge in [-0.25, -0.2) is 0 Å². The summed E-state index contributed by atoms with van der Waals surface area (Å²) < 4.78 is 0. The fourth-order valence-corrected chi connectivity index (χ4v) is 3.23. The van der Waals surface area contributed by atoms with Crippen molar-refractivity contribution in [3.8, 4) is 0 Å². The first kappa shape index (κ1) is 15.7. The summed E-state index contributed by atoms with van der Waals surface area (Å²) in [5.41, 5.74) is 6.67. The van der Waals surface area contributed by atoms with Gasteiger partial charge >= 0.3 is 0 Å². The molecule has 1 atom stereocenters. The Kier molecular flexibility index (Phi) is 5.12. The van der Waals surface area contributed by atoms with Crippen LogP contribution in [0.4, 0.5) is 5.69 Å². The summed E-state index contributed by atoms with van der Waals surface area (Å²) in [4.78, 5) is 16.1. The Bertz CT molecular complexity index is 625. The van der Waals surface area contributed by atoms with Gasteiger partial charge in [0.2, 0.25) is 0 Å². The van der Waals surface area contributed by atoms with Crippen LogP contribution in [-0.4, -0.2) is 33.6 Å². The summed E-state index contributed by atoms with van der Waals surface area (Å²) in [6.45, 7) is 7.07. The highest BCUT2D eigenvalue weighted by molar-refractivity contribution is 7.21. The van der Waals surface area contributed by atoms with E-state index < -0.39 is 0 Å². The molecule has 0 aliphatic rings. The minimum Gasteiger partial charge on any atom is -0.397 e. The number of thiophene rings is 1. The second-order valence-corrected chi connectivity index (χ2v) is 6.20. The molecule has 0 radical (unpaired) electrons. The van der Waals surface area contributed by atoms with E-state index in [1.807, 2.05) is 11.0 Å². The molecule has 2 aromatic heterocycles. The molecule has 0 spiro atoms. The van der Waals surface area contributed by atoms with Crippen LogP contribution in [0.5, 0.6) is 0 Å². The monoisotopic (exact) mass is 306 g/mol. The number of hydrogen-bond acceptors (Lipinski definition) is 5. The van der Waals surface area contributed by atoms with Crippen LogP contribution in [0.2, 0.25) is 0 Å². The summed E-state index contributed by atoms with van der Waals surface area (Å²) in [5.74, 6) is 0.0123. The highest BCUT2D eigenvalue weighted by Crippen LogP contribution is 2.33. The topological polar surface area (TPSA) is 72.1 Å². The number of rotatable bonds is 6. The number of amides is 1. The molecule has 114 valence electrons. The largest absolute Gasteiger partial charge is 0.397 e. The molecule has 1 unspecified atom stereocenters. The van der Waals surface area contributed by atoms with Crippen molar-refractivity contribution in [1.82, 2.24) is 15.1 Å². The molecule has 2 aromatic rings. The molecule has 0 saturated heterocycles. The Hall–Kier alpha value is -1.69. The van der Waals surface area contributed by atoms with E-state index in [0.717, 1.165) is 36.0 Å². The van der Waals surface area contributed by atoms with Gasteiger partial charge in [-0.1, -0.05) is 20.3 Å². The summed E-state index contributed by atoms with van der Waals surface area (Å²) in [5, 5.41) is 8.72. The lowest BCUT2D eigenvalue weighted by Gasteiger charge is -2.28. The molecule has 5 nitrogen and oxygen atoms in total. The summed E-state index contributed by atoms with van der Waals surface area (Å²) >= 11 is 1.33. The highest BCUT2D eigenvalue weighted by Gasteiger charge is 2.25. The third kappa shape index (κ3) is 3.15. The second kappa shape index (κ2) is 6.85. The molecule has 0 fully saturated rings. The van der Waals surface area contributed by atoms with Gasteiger partial charge in [0.05, 0.1) is 11.9 Å². The highest BCUT2D eigenvalue weighted by atomic mass is 32.1. The van der Waals surface area contributed by atoms with Crippen LogP contribution < -0.4 is 5.73 Å². The first-order chi connectivity index (χ1) is 10.1. The quantitative estimate of drug-likeness (QED) is 0.888. The van der Waals surface area contributed by atoms with E-state index >= 15 is 0 Å². The molecule has 21 heavy (non-hydrogen) atoms. The minimum atomic E-state index is 0.0123. The first-order valence-corrected chi connectivity index (χ1v) is 8.22. The number of carbonyl (C=O) groups is 1. The SMILES string of the molecule is CCCCN(C(=O)c1sc2nnccc2c1N)C(C)CC. The predicted molar refractivity (Wildman–Crippen MR) is 87.5 cm³/mol. The van der Waals surface area contributed by atoms with Gasteiger partial charge in [-0.15, -0.1) is 16.4 Å². The van der Waals surface area contributed by atoms with Gasteiger partial charge in [0.15, 0.2) is 0 Å². The van der Waals surface area contributed by atoms with E-state index in [1.165, 1.54) is 11.3 Å². The van der Waals surface area contributed by atoms with E-state index in [-0.39, 0.29) is 11.9 Å². The molecular weight excluding hydrogens is 284 g/mol. The van der Waals surface area contributed by atoms with Crippen molar-refractivity contribution in [2.24, 2.45) is 0 Å². The Morgan fingerprint density at radius 1 is 1.48 bits per heavy atom. The van der Waals surface area contributed by atoms with Crippen molar-refractivity contribution in [2.75, 3.05) is 12.3 Å². The van der Waals surface area contributed by atoms with E-state index in [1.54, 1.807) is 6.20 Å². The van der Waals surface area contributed by atoms with Crippen molar-refractivity contribution in [2.45, 2.75) is 46.1 Å². The van der Waals surface area contributed by atoms with E-state index in [0.29, 0.717) is 10.6 Å². The van der Waals surface area contributed by atoms with Gasteiger partial charge in [-0.3, -0.25) is 4.79 Å². The van der Waals surface area contributed by atoms with E-state index in [2.05, 4.69) is 31.0 Å². The van der Waals surface area contributed by atoms with Crippen molar-refractivity contribution in [3.63, 3.8) is 0 Å². The maximum absolute atomic E-state index is 12.8. The Morgan fingerprint density at radius 3 is 2.86 bits per heavy atom. The normalized spacial score (nSPS) is 12.5. The molecule has 0 aromatic carbocycles. The number of unbranched alkanes of at least 4 members (excludes halogenated alkanes) is 1. The maximum atomic E-state index is 12.8. The Labute approximate surface area is 129 Å². The van der Waals surface area contributed by atoms with Crippen molar-refractivity contribution in [3.05, 3.63) is 17.1 Å². The lowest BCUT2D eigenvalue weighted by Crippen LogP contribution is -2.38. The van der Waals surface area contributed by atoms with Crippen LogP contribution in [0.1, 0.15) is 49.7 Å². The number of hydrogen-bond donors (Lipinski definition) is 1. The van der Waals surface area contributed by atoms with Gasteiger partial charge in [-0.2, -0.15) is 5.10 Å².